The number of hydrogen-bond acceptors (Lipinski definition) is 4. The molecule has 0 aliphatic carbocycles. The minimum Gasteiger partial charge on any atom is -0.310 e. The lowest BCUT2D eigenvalue weighted by Crippen LogP contribution is -2.10. The number of benzene rings is 13. The number of rotatable bonds is 6. The van der Waals surface area contributed by atoms with Crippen molar-refractivity contribution in [1.82, 2.24) is 9.13 Å². The van der Waals surface area contributed by atoms with Crippen LogP contribution < -0.4 is 4.90 Å². The quantitative estimate of drug-likeness (QED) is 0.151. The molecule has 18 rings (SSSR count). The van der Waals surface area contributed by atoms with Crippen molar-refractivity contribution < 1.29 is 0 Å². The van der Waals surface area contributed by atoms with Crippen LogP contribution in [0.15, 0.2) is 249 Å². The van der Waals surface area contributed by atoms with Crippen LogP contribution in [0.5, 0.6) is 0 Å². The summed E-state index contributed by atoms with van der Waals surface area (Å²) in [6, 6.07) is 93.4. The van der Waals surface area contributed by atoms with Crippen molar-refractivity contribution in [3.8, 4) is 22.5 Å². The van der Waals surface area contributed by atoms with Crippen molar-refractivity contribution in [2.24, 2.45) is 0 Å². The van der Waals surface area contributed by atoms with Gasteiger partial charge in [0.1, 0.15) is 0 Å². The first kappa shape index (κ1) is 42.9. The number of fused-ring (bicyclic) bond motifs is 15. The fourth-order valence-electron chi connectivity index (χ4n) is 13.1. The van der Waals surface area contributed by atoms with Crippen molar-refractivity contribution in [3.05, 3.63) is 249 Å². The molecule has 0 spiro atoms. The Labute approximate surface area is 458 Å². The van der Waals surface area contributed by atoms with Gasteiger partial charge in [0, 0.05) is 106 Å². The van der Waals surface area contributed by atoms with Crippen LogP contribution in [-0.4, -0.2) is 9.13 Å². The topological polar surface area (TPSA) is 13.1 Å². The van der Waals surface area contributed by atoms with E-state index in [2.05, 4.69) is 263 Å². The normalized spacial score (nSPS) is 12.4. The predicted octanol–water partition coefficient (Wildman–Crippen LogP) is 21.9. The second kappa shape index (κ2) is 16.1. The van der Waals surface area contributed by atoms with Gasteiger partial charge in [0.25, 0.3) is 0 Å². The van der Waals surface area contributed by atoms with E-state index in [-0.39, 0.29) is 0 Å². The van der Waals surface area contributed by atoms with Crippen molar-refractivity contribution in [3.63, 3.8) is 0 Å². The van der Waals surface area contributed by atoms with Crippen LogP contribution in [0.4, 0.5) is 17.1 Å². The van der Waals surface area contributed by atoms with Crippen LogP contribution in [0, 0.1) is 0 Å². The van der Waals surface area contributed by atoms with Gasteiger partial charge in [0.05, 0.1) is 26.8 Å². The van der Waals surface area contributed by atoms with E-state index in [0.717, 1.165) is 28.3 Å². The number of aromatic nitrogens is 2. The molecule has 0 aliphatic rings. The van der Waals surface area contributed by atoms with Crippen LogP contribution >= 0.6 is 34.0 Å². The smallest absolute Gasteiger partial charge is 0.0726 e. The molecular weight excluding hydrogens is 1000 g/mol. The monoisotopic (exact) mass is 1040 g/mol. The Kier molecular flexibility index (Phi) is 8.86. The summed E-state index contributed by atoms with van der Waals surface area (Å²) in [4.78, 5) is 2.47. The Morgan fingerprint density at radius 3 is 1.63 bits per heavy atom. The third-order valence-electron chi connectivity index (χ3n) is 16.6. The Morgan fingerprint density at radius 1 is 0.269 bits per heavy atom. The van der Waals surface area contributed by atoms with Gasteiger partial charge in [-0.3, -0.25) is 0 Å². The number of thiophene rings is 3. The summed E-state index contributed by atoms with van der Waals surface area (Å²) in [5.41, 5.74) is 12.8. The summed E-state index contributed by atoms with van der Waals surface area (Å²) >= 11 is 5.66. The van der Waals surface area contributed by atoms with Crippen LogP contribution in [0.25, 0.3) is 148 Å². The molecule has 0 atom stereocenters. The molecule has 0 saturated carbocycles. The molecular formula is C72H41N3S3. The zero-order chi connectivity index (χ0) is 50.7. The lowest BCUT2D eigenvalue weighted by molar-refractivity contribution is 1.18. The first-order valence-electron chi connectivity index (χ1n) is 26.5. The van der Waals surface area contributed by atoms with Gasteiger partial charge in [-0.2, -0.15) is 0 Å². The first-order chi connectivity index (χ1) is 38.6. The molecule has 0 amide bonds. The van der Waals surface area contributed by atoms with Crippen molar-refractivity contribution in [2.45, 2.75) is 0 Å². The Bertz CT molecular complexity index is 5530. The Balaban J connectivity index is 0.991. The molecule has 0 aliphatic heterocycles. The maximum Gasteiger partial charge on any atom is 0.0726 e. The Hall–Kier alpha value is -9.30. The number of anilines is 3. The van der Waals surface area contributed by atoms with E-state index < -0.39 is 0 Å². The molecule has 0 saturated heterocycles. The lowest BCUT2D eigenvalue weighted by atomic mass is 9.98. The first-order valence-corrected chi connectivity index (χ1v) is 29.0. The molecule has 362 valence electrons. The molecule has 3 nitrogen and oxygen atoms in total. The SMILES string of the molecule is c1ccc(-c2cccc(N(c3ccc4sc5ccccc5c4c3)c3ccc4c5c(cc6ccc7cc8c9ccccc9sc8c8c7c6c5n8-c5ccc6sc7ccccc7c6c5)n(-c5ccc6ccccc6c5)c4c3)c2)cc1. The van der Waals surface area contributed by atoms with Gasteiger partial charge in [0.2, 0.25) is 0 Å². The zero-order valence-corrected chi connectivity index (χ0v) is 44.2. The summed E-state index contributed by atoms with van der Waals surface area (Å²) in [6.45, 7) is 0. The molecule has 5 heterocycles. The maximum atomic E-state index is 2.66. The predicted molar refractivity (Wildman–Crippen MR) is 340 cm³/mol. The molecule has 0 unspecified atom stereocenters. The largest absolute Gasteiger partial charge is 0.310 e. The molecule has 18 aromatic rings. The third kappa shape index (κ3) is 6.07. The fourth-order valence-corrected chi connectivity index (χ4v) is 16.5. The number of nitrogens with zero attached hydrogens (tertiary/aromatic N) is 3. The second-order valence-corrected chi connectivity index (χ2v) is 24.0. The molecule has 78 heavy (non-hydrogen) atoms. The van der Waals surface area contributed by atoms with Gasteiger partial charge in [-0.25, -0.2) is 0 Å². The van der Waals surface area contributed by atoms with Gasteiger partial charge in [-0.1, -0.05) is 146 Å². The van der Waals surface area contributed by atoms with E-state index in [4.69, 9.17) is 0 Å². The van der Waals surface area contributed by atoms with Crippen molar-refractivity contribution in [2.75, 3.05) is 4.90 Å². The third-order valence-corrected chi connectivity index (χ3v) is 20.1. The minimum atomic E-state index is 1.08. The van der Waals surface area contributed by atoms with Gasteiger partial charge in [0.15, 0.2) is 0 Å². The molecule has 6 heteroatoms. The average Bonchev–Trinajstić information content (AvgIpc) is 3.59. The minimum absolute atomic E-state index is 1.08. The highest BCUT2D eigenvalue weighted by molar-refractivity contribution is 7.27. The van der Waals surface area contributed by atoms with Crippen LogP contribution in [0.3, 0.4) is 0 Å². The summed E-state index contributed by atoms with van der Waals surface area (Å²) in [7, 11) is 0. The summed E-state index contributed by atoms with van der Waals surface area (Å²) in [5.74, 6) is 0. The van der Waals surface area contributed by atoms with Crippen molar-refractivity contribution in [1.29, 1.82) is 0 Å². The summed E-state index contributed by atoms with van der Waals surface area (Å²) in [5, 5.41) is 17.8. The van der Waals surface area contributed by atoms with Gasteiger partial charge >= 0.3 is 0 Å². The van der Waals surface area contributed by atoms with E-state index in [1.807, 2.05) is 34.0 Å². The molecule has 0 fully saturated rings. The highest BCUT2D eigenvalue weighted by atomic mass is 32.1. The molecule has 5 aromatic heterocycles. The molecule has 0 N–H and O–H groups in total. The lowest BCUT2D eigenvalue weighted by Gasteiger charge is -2.26. The van der Waals surface area contributed by atoms with E-state index in [1.165, 1.54) is 137 Å². The average molecular weight is 1040 g/mol. The molecule has 0 radical (unpaired) electrons. The van der Waals surface area contributed by atoms with E-state index in [0.29, 0.717) is 0 Å². The van der Waals surface area contributed by atoms with Crippen molar-refractivity contribution >= 4 is 177 Å². The maximum absolute atomic E-state index is 2.66. The fraction of sp³-hybridized carbons (Fsp3) is 0. The number of hydrogen-bond donors (Lipinski definition) is 0. The van der Waals surface area contributed by atoms with Crippen LogP contribution in [0.1, 0.15) is 0 Å². The standard InChI is InChI=1S/C72H41N3S3/c1-2-13-42(14-3-1)45-17-12-18-48(35-45)73(50-30-33-65-57(39-50)53-19-6-9-22-62(53)76-65)52-29-32-56-60(41-52)74(49-28-27-43-15-4-5-16-44(43)36-49)61-38-47-26-25-46-37-59-55-21-8-11-24-64(55)78-72(59)71-68(46)67(47)70(69(56)61)75(71)51-31-34-66-58(40-51)54-20-7-10-23-63(54)77-66/h1-41H. The van der Waals surface area contributed by atoms with Crippen LogP contribution in [0.2, 0.25) is 0 Å². The van der Waals surface area contributed by atoms with E-state index in [1.54, 1.807) is 0 Å². The zero-order valence-electron chi connectivity index (χ0n) is 41.7. The van der Waals surface area contributed by atoms with Gasteiger partial charge < -0.3 is 14.0 Å². The highest BCUT2D eigenvalue weighted by Gasteiger charge is 2.28. The van der Waals surface area contributed by atoms with Crippen LogP contribution in [-0.2, 0) is 0 Å². The Morgan fingerprint density at radius 2 is 0.833 bits per heavy atom. The highest BCUT2D eigenvalue weighted by Crippen LogP contribution is 2.52. The summed E-state index contributed by atoms with van der Waals surface area (Å²) in [6.07, 6.45) is 0. The van der Waals surface area contributed by atoms with Gasteiger partial charge in [-0.05, 0) is 136 Å². The van der Waals surface area contributed by atoms with E-state index in [9.17, 15) is 0 Å². The molecule has 0 bridgehead atoms. The van der Waals surface area contributed by atoms with E-state index >= 15 is 0 Å². The molecule has 13 aromatic carbocycles. The second-order valence-electron chi connectivity index (χ2n) is 20.8. The van der Waals surface area contributed by atoms with Gasteiger partial charge in [-0.15, -0.1) is 34.0 Å². The summed E-state index contributed by atoms with van der Waals surface area (Å²) < 4.78 is 13.0.